The van der Waals surface area contributed by atoms with Crippen molar-refractivity contribution in [3.8, 4) is 11.3 Å². The number of nitrogen functional groups attached to an aromatic ring is 1. The monoisotopic (exact) mass is 389 g/mol. The van der Waals surface area contributed by atoms with Crippen molar-refractivity contribution in [2.24, 2.45) is 17.3 Å². The van der Waals surface area contributed by atoms with E-state index in [1.165, 1.54) is 0 Å². The molecule has 0 aliphatic carbocycles. The summed E-state index contributed by atoms with van der Waals surface area (Å²) in [6.07, 6.45) is 0. The van der Waals surface area contributed by atoms with Crippen LogP contribution in [0.15, 0.2) is 63.2 Å². The van der Waals surface area contributed by atoms with E-state index in [4.69, 9.17) is 17.3 Å². The number of aromatic nitrogens is 2. The van der Waals surface area contributed by atoms with E-state index in [2.05, 4.69) is 31.3 Å². The lowest BCUT2D eigenvalue weighted by molar-refractivity contribution is 0.782. The molecular formula is C16H13BrClN5. The maximum absolute atomic E-state index is 6.08. The van der Waals surface area contributed by atoms with E-state index in [-0.39, 0.29) is 0 Å². The van der Waals surface area contributed by atoms with Gasteiger partial charge in [0.25, 0.3) is 0 Å². The maximum Gasteiger partial charge on any atom is 0.155 e. The van der Waals surface area contributed by atoms with Crippen LogP contribution in [0.1, 0.15) is 0 Å². The van der Waals surface area contributed by atoms with Gasteiger partial charge in [-0.3, -0.25) is 4.68 Å². The predicted octanol–water partition coefficient (Wildman–Crippen LogP) is 5.50. The fraction of sp³-hybridized carbons (Fsp3) is 0.0625. The van der Waals surface area contributed by atoms with Crippen LogP contribution in [0.25, 0.3) is 11.3 Å². The highest BCUT2D eigenvalue weighted by molar-refractivity contribution is 9.10. The molecule has 0 amide bonds. The van der Waals surface area contributed by atoms with Gasteiger partial charge in [0, 0.05) is 22.1 Å². The predicted molar refractivity (Wildman–Crippen MR) is 96.4 cm³/mol. The summed E-state index contributed by atoms with van der Waals surface area (Å²) in [6, 6.07) is 14.9. The lowest BCUT2D eigenvalue weighted by Crippen LogP contribution is -1.96. The summed E-state index contributed by atoms with van der Waals surface area (Å²) in [5.74, 6) is 0.452. The number of anilines is 1. The highest BCUT2D eigenvalue weighted by Crippen LogP contribution is 2.36. The number of aryl methyl sites for hydroxylation is 1. The van der Waals surface area contributed by atoms with Crippen LogP contribution in [0.3, 0.4) is 0 Å². The van der Waals surface area contributed by atoms with Crippen LogP contribution in [0.2, 0.25) is 5.02 Å². The van der Waals surface area contributed by atoms with Gasteiger partial charge in [-0.15, -0.1) is 5.11 Å². The van der Waals surface area contributed by atoms with Crippen molar-refractivity contribution in [2.45, 2.75) is 0 Å². The van der Waals surface area contributed by atoms with Gasteiger partial charge in [0.05, 0.1) is 5.69 Å². The van der Waals surface area contributed by atoms with Gasteiger partial charge in [-0.2, -0.15) is 10.2 Å². The van der Waals surface area contributed by atoms with E-state index in [1.807, 2.05) is 36.4 Å². The summed E-state index contributed by atoms with van der Waals surface area (Å²) in [5.41, 5.74) is 8.87. The molecule has 5 nitrogen and oxygen atoms in total. The molecule has 116 valence electrons. The molecule has 3 rings (SSSR count). The van der Waals surface area contributed by atoms with Crippen LogP contribution in [0, 0.1) is 0 Å². The molecule has 0 spiro atoms. The molecule has 0 saturated carbocycles. The first kappa shape index (κ1) is 15.7. The summed E-state index contributed by atoms with van der Waals surface area (Å²) in [4.78, 5) is 0. The van der Waals surface area contributed by atoms with Gasteiger partial charge < -0.3 is 5.73 Å². The molecule has 0 fully saturated rings. The Morgan fingerprint density at radius 1 is 1.13 bits per heavy atom. The Hall–Kier alpha value is -2.18. The first-order chi connectivity index (χ1) is 11.0. The molecule has 2 aromatic carbocycles. The Labute approximate surface area is 146 Å². The van der Waals surface area contributed by atoms with Crippen molar-refractivity contribution in [1.82, 2.24) is 9.78 Å². The van der Waals surface area contributed by atoms with Crippen molar-refractivity contribution in [3.05, 3.63) is 58.0 Å². The number of benzene rings is 2. The van der Waals surface area contributed by atoms with Crippen LogP contribution < -0.4 is 5.73 Å². The molecule has 0 aliphatic rings. The first-order valence-corrected chi connectivity index (χ1v) is 7.97. The highest BCUT2D eigenvalue weighted by Gasteiger charge is 2.15. The SMILES string of the molecule is Cn1nc(-c2ccc(Br)cc2)c(N=Nc2cccc(Cl)c2)c1N. The Balaban J connectivity index is 2.03. The fourth-order valence-corrected chi connectivity index (χ4v) is 2.52. The van der Waals surface area contributed by atoms with E-state index >= 15 is 0 Å². The molecule has 1 aromatic heterocycles. The molecule has 0 bridgehead atoms. The summed E-state index contributed by atoms with van der Waals surface area (Å²) in [7, 11) is 1.77. The minimum Gasteiger partial charge on any atom is -0.382 e. The lowest BCUT2D eigenvalue weighted by atomic mass is 10.1. The van der Waals surface area contributed by atoms with Gasteiger partial charge in [0.1, 0.15) is 11.5 Å². The van der Waals surface area contributed by atoms with Crippen molar-refractivity contribution < 1.29 is 0 Å². The van der Waals surface area contributed by atoms with Crippen molar-refractivity contribution in [2.75, 3.05) is 5.73 Å². The van der Waals surface area contributed by atoms with Gasteiger partial charge in [-0.05, 0) is 30.3 Å². The second-order valence-electron chi connectivity index (χ2n) is 4.89. The minimum atomic E-state index is 0.452. The zero-order chi connectivity index (χ0) is 16.4. The number of halogens is 2. The van der Waals surface area contributed by atoms with E-state index < -0.39 is 0 Å². The number of azo groups is 1. The van der Waals surface area contributed by atoms with Gasteiger partial charge in [-0.25, -0.2) is 0 Å². The zero-order valence-corrected chi connectivity index (χ0v) is 14.6. The van der Waals surface area contributed by atoms with Gasteiger partial charge >= 0.3 is 0 Å². The standard InChI is InChI=1S/C16H13BrClN5/c1-23-16(19)15(21-20-13-4-2-3-12(18)9-13)14(22-23)10-5-7-11(17)8-6-10/h2-9H,19H2,1H3. The van der Waals surface area contributed by atoms with Crippen molar-refractivity contribution in [3.63, 3.8) is 0 Å². The van der Waals surface area contributed by atoms with E-state index in [9.17, 15) is 0 Å². The summed E-state index contributed by atoms with van der Waals surface area (Å²) < 4.78 is 2.58. The van der Waals surface area contributed by atoms with Crippen molar-refractivity contribution >= 4 is 44.7 Å². The van der Waals surface area contributed by atoms with Gasteiger partial charge in [0.15, 0.2) is 5.69 Å². The van der Waals surface area contributed by atoms with Crippen LogP contribution in [0.4, 0.5) is 17.2 Å². The zero-order valence-electron chi connectivity index (χ0n) is 12.2. The molecule has 7 heteroatoms. The van der Waals surface area contributed by atoms with E-state index in [1.54, 1.807) is 23.9 Å². The molecule has 1 heterocycles. The Morgan fingerprint density at radius 2 is 1.87 bits per heavy atom. The fourth-order valence-electron chi connectivity index (χ4n) is 2.07. The molecule has 3 aromatic rings. The summed E-state index contributed by atoms with van der Waals surface area (Å²) in [5, 5.41) is 13.5. The van der Waals surface area contributed by atoms with E-state index in [0.29, 0.717) is 27.9 Å². The Kier molecular flexibility index (Phi) is 4.45. The quantitative estimate of drug-likeness (QED) is 0.600. The largest absolute Gasteiger partial charge is 0.382 e. The molecule has 0 unspecified atom stereocenters. The topological polar surface area (TPSA) is 68.6 Å². The molecule has 0 radical (unpaired) electrons. The van der Waals surface area contributed by atoms with E-state index in [0.717, 1.165) is 10.0 Å². The molecule has 2 N–H and O–H groups in total. The Bertz CT molecular complexity index is 871. The molecule has 23 heavy (non-hydrogen) atoms. The summed E-state index contributed by atoms with van der Waals surface area (Å²) >= 11 is 9.38. The smallest absolute Gasteiger partial charge is 0.155 e. The number of nitrogens with two attached hydrogens (primary N) is 1. The average molecular weight is 391 g/mol. The third-order valence-corrected chi connectivity index (χ3v) is 4.02. The van der Waals surface area contributed by atoms with Crippen LogP contribution >= 0.6 is 27.5 Å². The summed E-state index contributed by atoms with van der Waals surface area (Å²) in [6.45, 7) is 0. The number of rotatable bonds is 3. The second kappa shape index (κ2) is 6.52. The molecule has 0 atom stereocenters. The average Bonchev–Trinajstić information content (AvgIpc) is 2.81. The first-order valence-electron chi connectivity index (χ1n) is 6.80. The number of hydrogen-bond acceptors (Lipinski definition) is 4. The molecular weight excluding hydrogens is 378 g/mol. The third-order valence-electron chi connectivity index (χ3n) is 3.26. The third kappa shape index (κ3) is 3.43. The Morgan fingerprint density at radius 3 is 2.57 bits per heavy atom. The molecule has 0 saturated heterocycles. The van der Waals surface area contributed by atoms with Gasteiger partial charge in [-0.1, -0.05) is 45.7 Å². The van der Waals surface area contributed by atoms with Crippen LogP contribution in [-0.4, -0.2) is 9.78 Å². The van der Waals surface area contributed by atoms with Crippen molar-refractivity contribution in [1.29, 1.82) is 0 Å². The van der Waals surface area contributed by atoms with Crippen LogP contribution in [0.5, 0.6) is 0 Å². The molecule has 0 aliphatic heterocycles. The van der Waals surface area contributed by atoms with Crippen LogP contribution in [-0.2, 0) is 7.05 Å². The second-order valence-corrected chi connectivity index (χ2v) is 6.24. The highest BCUT2D eigenvalue weighted by atomic mass is 79.9. The number of nitrogens with zero attached hydrogens (tertiary/aromatic N) is 4. The minimum absolute atomic E-state index is 0.452. The normalized spacial score (nSPS) is 11.3. The van der Waals surface area contributed by atoms with Gasteiger partial charge in [0.2, 0.25) is 0 Å². The lowest BCUT2D eigenvalue weighted by Gasteiger charge is -1.99. The maximum atomic E-state index is 6.08. The number of hydrogen-bond donors (Lipinski definition) is 1.